The van der Waals surface area contributed by atoms with Crippen molar-refractivity contribution >= 4 is 74.7 Å². The summed E-state index contributed by atoms with van der Waals surface area (Å²) in [6, 6.07) is 15.9. The Bertz CT molecular complexity index is 1450. The maximum Gasteiger partial charge on any atom is 0.258 e. The Morgan fingerprint density at radius 3 is 2.55 bits per heavy atom. The van der Waals surface area contributed by atoms with Gasteiger partial charge in [0.25, 0.3) is 5.91 Å². The number of fused-ring (bicyclic) bond motifs is 1. The molecular weight excluding hydrogens is 619 g/mol. The van der Waals surface area contributed by atoms with E-state index in [-0.39, 0.29) is 43.1 Å². The number of carbonyl (C=O) groups excluding carboxylic acids is 2. The minimum Gasteiger partial charge on any atom is -0.485 e. The van der Waals surface area contributed by atoms with Gasteiger partial charge in [0.1, 0.15) is 17.0 Å². The molecule has 2 amide bonds. The minimum absolute atomic E-state index is 0. The highest BCUT2D eigenvalue weighted by Crippen LogP contribution is 2.35. The second kappa shape index (κ2) is 13.2. The van der Waals surface area contributed by atoms with Crippen LogP contribution in [-0.2, 0) is 16.2 Å². The first kappa shape index (κ1) is 29.6. The highest BCUT2D eigenvalue weighted by atomic mass is 79.9. The molecule has 0 spiro atoms. The van der Waals surface area contributed by atoms with Gasteiger partial charge in [-0.15, -0.1) is 12.4 Å². The summed E-state index contributed by atoms with van der Waals surface area (Å²) in [5.74, 6) is 0.331. The number of rotatable bonds is 9. The van der Waals surface area contributed by atoms with Crippen LogP contribution in [0.15, 0.2) is 65.4 Å². The van der Waals surface area contributed by atoms with Crippen LogP contribution in [0.1, 0.15) is 11.3 Å². The predicted molar refractivity (Wildman–Crippen MR) is 154 cm³/mol. The van der Waals surface area contributed by atoms with Gasteiger partial charge in [-0.05, 0) is 59.3 Å². The van der Waals surface area contributed by atoms with E-state index in [1.165, 1.54) is 4.90 Å². The van der Waals surface area contributed by atoms with E-state index >= 15 is 0 Å². The first-order valence-electron chi connectivity index (χ1n) is 11.2. The topological polar surface area (TPSA) is 85.2 Å². The lowest BCUT2D eigenvalue weighted by Gasteiger charge is -2.21. The SMILES string of the molecule is Cc1nc2c(OCc3c(Cl)ccc(N(C)C(=O)CNC(=O)COc4ccccc4)c3Cl)cccn2c1Br.Cl. The first-order chi connectivity index (χ1) is 17.8. The summed E-state index contributed by atoms with van der Waals surface area (Å²) in [6.45, 7) is 1.52. The van der Waals surface area contributed by atoms with E-state index < -0.39 is 5.91 Å². The molecule has 2 aromatic heterocycles. The van der Waals surface area contributed by atoms with Gasteiger partial charge in [-0.2, -0.15) is 0 Å². The number of anilines is 1. The third kappa shape index (κ3) is 6.71. The molecular formula is C26H24BrCl3N4O4. The predicted octanol–water partition coefficient (Wildman–Crippen LogP) is 5.87. The zero-order valence-electron chi connectivity index (χ0n) is 20.4. The van der Waals surface area contributed by atoms with Gasteiger partial charge in [0.15, 0.2) is 18.0 Å². The Hall–Kier alpha value is -2.98. The summed E-state index contributed by atoms with van der Waals surface area (Å²) >= 11 is 16.6. The fraction of sp³-hybridized carbons (Fsp3) is 0.192. The quantitative estimate of drug-likeness (QED) is 0.247. The van der Waals surface area contributed by atoms with Gasteiger partial charge in [-0.1, -0.05) is 41.4 Å². The average molecular weight is 643 g/mol. The van der Waals surface area contributed by atoms with E-state index in [1.54, 1.807) is 49.5 Å². The highest BCUT2D eigenvalue weighted by Gasteiger charge is 2.20. The summed E-state index contributed by atoms with van der Waals surface area (Å²) in [7, 11) is 1.57. The van der Waals surface area contributed by atoms with Crippen LogP contribution in [0, 0.1) is 6.92 Å². The van der Waals surface area contributed by atoms with Gasteiger partial charge < -0.3 is 19.7 Å². The molecule has 200 valence electrons. The van der Waals surface area contributed by atoms with Crippen LogP contribution in [0.25, 0.3) is 5.65 Å². The summed E-state index contributed by atoms with van der Waals surface area (Å²) < 4.78 is 14.1. The lowest BCUT2D eigenvalue weighted by atomic mass is 10.2. The van der Waals surface area contributed by atoms with Crippen LogP contribution in [0.2, 0.25) is 10.0 Å². The number of carbonyl (C=O) groups is 2. The molecule has 0 unspecified atom stereocenters. The molecule has 2 heterocycles. The standard InChI is InChI=1S/C26H23BrCl2N4O4.ClH/c1-16-25(27)33-12-6-9-21(26(33)31-16)37-14-18-19(28)10-11-20(24(18)29)32(2)23(35)13-30-22(34)15-36-17-7-4-3-5-8-17;/h3-12H,13-15H2,1-2H3,(H,30,34);1H. The number of nitrogens with zero attached hydrogens (tertiary/aromatic N) is 3. The van der Waals surface area contributed by atoms with E-state index in [2.05, 4.69) is 26.2 Å². The van der Waals surface area contributed by atoms with Crippen LogP contribution < -0.4 is 19.7 Å². The number of nitrogens with one attached hydrogen (secondary N) is 1. The Kier molecular flexibility index (Phi) is 10.3. The Morgan fingerprint density at radius 1 is 1.08 bits per heavy atom. The van der Waals surface area contributed by atoms with Crippen LogP contribution in [0.3, 0.4) is 0 Å². The van der Waals surface area contributed by atoms with Gasteiger partial charge in [0.05, 0.1) is 22.9 Å². The molecule has 0 radical (unpaired) electrons. The molecule has 0 aliphatic rings. The lowest BCUT2D eigenvalue weighted by molar-refractivity contribution is -0.126. The number of likely N-dealkylation sites (N-methyl/N-ethyl adjacent to an activating group) is 1. The monoisotopic (exact) mass is 640 g/mol. The Balaban J connectivity index is 0.00000400. The van der Waals surface area contributed by atoms with Crippen molar-refractivity contribution in [3.8, 4) is 11.5 Å². The lowest BCUT2D eigenvalue weighted by Crippen LogP contribution is -2.40. The van der Waals surface area contributed by atoms with E-state index in [0.29, 0.717) is 33.4 Å². The zero-order valence-corrected chi connectivity index (χ0v) is 24.3. The third-order valence-electron chi connectivity index (χ3n) is 5.54. The highest BCUT2D eigenvalue weighted by molar-refractivity contribution is 9.10. The maximum atomic E-state index is 12.8. The zero-order chi connectivity index (χ0) is 26.5. The number of halogens is 4. The number of aromatic nitrogens is 2. The summed E-state index contributed by atoms with van der Waals surface area (Å²) in [6.07, 6.45) is 1.88. The molecule has 0 atom stereocenters. The Labute approximate surface area is 244 Å². The van der Waals surface area contributed by atoms with Crippen LogP contribution in [0.5, 0.6) is 11.5 Å². The second-order valence-corrected chi connectivity index (χ2v) is 9.57. The van der Waals surface area contributed by atoms with E-state index in [1.807, 2.05) is 29.7 Å². The van der Waals surface area contributed by atoms with E-state index in [4.69, 9.17) is 32.7 Å². The van der Waals surface area contributed by atoms with Crippen molar-refractivity contribution in [2.75, 3.05) is 25.1 Å². The number of hydrogen-bond donors (Lipinski definition) is 1. The molecule has 38 heavy (non-hydrogen) atoms. The average Bonchev–Trinajstić information content (AvgIpc) is 3.20. The van der Waals surface area contributed by atoms with E-state index in [9.17, 15) is 9.59 Å². The van der Waals surface area contributed by atoms with Gasteiger partial charge in [-0.25, -0.2) is 4.98 Å². The summed E-state index contributed by atoms with van der Waals surface area (Å²) in [5.41, 5.74) is 2.43. The van der Waals surface area contributed by atoms with Crippen molar-refractivity contribution in [2.24, 2.45) is 0 Å². The first-order valence-corrected chi connectivity index (χ1v) is 12.7. The molecule has 8 nitrogen and oxygen atoms in total. The molecule has 0 aliphatic heterocycles. The van der Waals surface area contributed by atoms with Crippen molar-refractivity contribution in [1.82, 2.24) is 14.7 Å². The number of benzene rings is 2. The smallest absolute Gasteiger partial charge is 0.258 e. The van der Waals surface area contributed by atoms with Crippen LogP contribution in [0.4, 0.5) is 5.69 Å². The van der Waals surface area contributed by atoms with Gasteiger partial charge in [-0.3, -0.25) is 14.0 Å². The molecule has 2 aromatic carbocycles. The normalized spacial score (nSPS) is 10.6. The number of amides is 2. The number of pyridine rings is 1. The number of imidazole rings is 1. The largest absolute Gasteiger partial charge is 0.485 e. The van der Waals surface area contributed by atoms with Crippen LogP contribution in [-0.4, -0.2) is 41.4 Å². The van der Waals surface area contributed by atoms with Crippen molar-refractivity contribution in [3.05, 3.63) is 86.7 Å². The van der Waals surface area contributed by atoms with Crippen LogP contribution >= 0.6 is 51.5 Å². The molecule has 12 heteroatoms. The van der Waals surface area contributed by atoms with Crippen molar-refractivity contribution in [1.29, 1.82) is 0 Å². The number of aryl methyl sites for hydroxylation is 1. The van der Waals surface area contributed by atoms with Gasteiger partial charge in [0, 0.05) is 23.8 Å². The molecule has 0 saturated heterocycles. The number of hydrogen-bond acceptors (Lipinski definition) is 5. The molecule has 0 saturated carbocycles. The fourth-order valence-corrected chi connectivity index (χ4v) is 4.49. The molecule has 0 bridgehead atoms. The van der Waals surface area contributed by atoms with Crippen molar-refractivity contribution in [2.45, 2.75) is 13.5 Å². The molecule has 4 aromatic rings. The van der Waals surface area contributed by atoms with Crippen molar-refractivity contribution in [3.63, 3.8) is 0 Å². The molecule has 0 aliphatic carbocycles. The van der Waals surface area contributed by atoms with Gasteiger partial charge >= 0.3 is 0 Å². The van der Waals surface area contributed by atoms with Crippen molar-refractivity contribution < 1.29 is 19.1 Å². The van der Waals surface area contributed by atoms with E-state index in [0.717, 1.165) is 10.3 Å². The third-order valence-corrected chi connectivity index (χ3v) is 7.27. The summed E-state index contributed by atoms with van der Waals surface area (Å²) in [4.78, 5) is 30.8. The second-order valence-electron chi connectivity index (χ2n) is 8.03. The maximum absolute atomic E-state index is 12.8. The minimum atomic E-state index is -0.420. The number of para-hydroxylation sites is 1. The number of ether oxygens (including phenoxy) is 2. The van der Waals surface area contributed by atoms with Gasteiger partial charge in [0.2, 0.25) is 5.91 Å². The molecule has 1 N–H and O–H groups in total. The Morgan fingerprint density at radius 2 is 1.82 bits per heavy atom. The fourth-order valence-electron chi connectivity index (χ4n) is 3.51. The molecule has 0 fully saturated rings. The molecule has 4 rings (SSSR count). The summed E-state index contributed by atoms with van der Waals surface area (Å²) in [5, 5.41) is 3.23.